The summed E-state index contributed by atoms with van der Waals surface area (Å²) in [5.74, 6) is -1.06. The van der Waals surface area contributed by atoms with Crippen molar-refractivity contribution >= 4 is 17.3 Å². The first-order valence-electron chi connectivity index (χ1n) is 4.23. The summed E-state index contributed by atoms with van der Waals surface area (Å²) < 4.78 is 4.99. The first kappa shape index (κ1) is 9.95. The number of aliphatic hydroxyl groups is 1. The molecule has 2 heterocycles. The lowest BCUT2D eigenvalue weighted by Gasteiger charge is -2.03. The number of thiophene rings is 1. The van der Waals surface area contributed by atoms with E-state index in [1.807, 2.05) is 11.4 Å². The van der Waals surface area contributed by atoms with E-state index in [4.69, 9.17) is 9.52 Å². The van der Waals surface area contributed by atoms with E-state index < -0.39 is 12.1 Å². The van der Waals surface area contributed by atoms with Crippen molar-refractivity contribution < 1.29 is 19.4 Å². The average Bonchev–Trinajstić information content (AvgIpc) is 2.88. The third-order valence-electron chi connectivity index (χ3n) is 1.92. The van der Waals surface area contributed by atoms with Gasteiger partial charge in [-0.3, -0.25) is 0 Å². The summed E-state index contributed by atoms with van der Waals surface area (Å²) in [7, 11) is 0. The standard InChI is InChI=1S/C10H8O4S/c11-9(8-2-1-5-15-8)6-3-4-7(14-6)10(12)13/h1-5,9,11H,(H,12,13). The van der Waals surface area contributed by atoms with Crippen molar-refractivity contribution in [3.8, 4) is 0 Å². The zero-order valence-corrected chi connectivity index (χ0v) is 8.40. The van der Waals surface area contributed by atoms with Crippen molar-refractivity contribution in [2.45, 2.75) is 6.10 Å². The summed E-state index contributed by atoms with van der Waals surface area (Å²) in [5.41, 5.74) is 0. The highest BCUT2D eigenvalue weighted by atomic mass is 32.1. The van der Waals surface area contributed by atoms with Crippen LogP contribution >= 0.6 is 11.3 Å². The van der Waals surface area contributed by atoms with E-state index in [-0.39, 0.29) is 11.5 Å². The van der Waals surface area contributed by atoms with Crippen LogP contribution in [0.25, 0.3) is 0 Å². The van der Waals surface area contributed by atoms with Crippen molar-refractivity contribution in [2.75, 3.05) is 0 Å². The Labute approximate surface area is 89.4 Å². The summed E-state index contributed by atoms with van der Waals surface area (Å²) >= 11 is 1.39. The van der Waals surface area contributed by atoms with Gasteiger partial charge in [0.15, 0.2) is 0 Å². The van der Waals surface area contributed by atoms with E-state index in [1.54, 1.807) is 6.07 Å². The highest BCUT2D eigenvalue weighted by Crippen LogP contribution is 2.26. The van der Waals surface area contributed by atoms with Gasteiger partial charge in [-0.2, -0.15) is 0 Å². The van der Waals surface area contributed by atoms with Crippen LogP contribution in [0.15, 0.2) is 34.1 Å². The second kappa shape index (κ2) is 3.88. The summed E-state index contributed by atoms with van der Waals surface area (Å²) in [6.45, 7) is 0. The van der Waals surface area contributed by atoms with Crippen LogP contribution in [0.2, 0.25) is 0 Å². The monoisotopic (exact) mass is 224 g/mol. The fourth-order valence-electron chi connectivity index (χ4n) is 1.20. The number of rotatable bonds is 3. The van der Waals surface area contributed by atoms with Crippen LogP contribution in [0.3, 0.4) is 0 Å². The van der Waals surface area contributed by atoms with Crippen LogP contribution in [0.4, 0.5) is 0 Å². The molecular formula is C10H8O4S. The smallest absolute Gasteiger partial charge is 0.371 e. The Hall–Kier alpha value is -1.59. The van der Waals surface area contributed by atoms with Gasteiger partial charge in [0.2, 0.25) is 5.76 Å². The summed E-state index contributed by atoms with van der Waals surface area (Å²) in [5, 5.41) is 20.3. The molecule has 0 aliphatic carbocycles. The van der Waals surface area contributed by atoms with Crippen molar-refractivity contribution in [3.05, 3.63) is 46.0 Å². The molecule has 1 unspecified atom stereocenters. The van der Waals surface area contributed by atoms with E-state index in [0.717, 1.165) is 4.88 Å². The van der Waals surface area contributed by atoms with Gasteiger partial charge in [0.05, 0.1) is 0 Å². The molecule has 0 aliphatic rings. The van der Waals surface area contributed by atoms with E-state index in [9.17, 15) is 9.90 Å². The fourth-order valence-corrected chi connectivity index (χ4v) is 1.92. The van der Waals surface area contributed by atoms with Gasteiger partial charge in [0, 0.05) is 4.88 Å². The zero-order valence-electron chi connectivity index (χ0n) is 7.58. The number of hydrogen-bond acceptors (Lipinski definition) is 4. The molecule has 15 heavy (non-hydrogen) atoms. The van der Waals surface area contributed by atoms with Gasteiger partial charge in [0.1, 0.15) is 11.9 Å². The van der Waals surface area contributed by atoms with Gasteiger partial charge in [-0.15, -0.1) is 11.3 Å². The van der Waals surface area contributed by atoms with Crippen LogP contribution in [0, 0.1) is 0 Å². The molecule has 0 aromatic carbocycles. The van der Waals surface area contributed by atoms with E-state index in [1.165, 1.54) is 23.5 Å². The fraction of sp³-hybridized carbons (Fsp3) is 0.100. The predicted octanol–water partition coefficient (Wildman–Crippen LogP) is 2.12. The largest absolute Gasteiger partial charge is 0.475 e. The molecule has 0 spiro atoms. The first-order valence-corrected chi connectivity index (χ1v) is 5.11. The van der Waals surface area contributed by atoms with E-state index >= 15 is 0 Å². The number of furan rings is 1. The topological polar surface area (TPSA) is 70.7 Å². The molecule has 1 atom stereocenters. The third kappa shape index (κ3) is 1.93. The number of aromatic carboxylic acids is 1. The van der Waals surface area contributed by atoms with Crippen LogP contribution in [0.1, 0.15) is 27.3 Å². The molecule has 0 saturated carbocycles. The Bertz CT molecular complexity index is 457. The van der Waals surface area contributed by atoms with Crippen LogP contribution in [0.5, 0.6) is 0 Å². The Morgan fingerprint density at radius 2 is 2.20 bits per heavy atom. The molecule has 5 heteroatoms. The molecule has 0 aliphatic heterocycles. The van der Waals surface area contributed by atoms with Crippen molar-refractivity contribution in [3.63, 3.8) is 0 Å². The highest BCUT2D eigenvalue weighted by Gasteiger charge is 2.17. The lowest BCUT2D eigenvalue weighted by Crippen LogP contribution is -1.96. The SMILES string of the molecule is O=C(O)c1ccc(C(O)c2cccs2)o1. The molecule has 0 amide bonds. The zero-order chi connectivity index (χ0) is 10.8. The second-order valence-corrected chi connectivity index (χ2v) is 3.90. The number of aliphatic hydroxyl groups excluding tert-OH is 1. The summed E-state index contributed by atoms with van der Waals surface area (Å²) in [6.07, 6.45) is -0.891. The molecule has 0 radical (unpaired) electrons. The summed E-state index contributed by atoms with van der Waals surface area (Å²) in [6, 6.07) is 6.37. The van der Waals surface area contributed by atoms with Crippen molar-refractivity contribution in [1.82, 2.24) is 0 Å². The molecule has 0 bridgehead atoms. The lowest BCUT2D eigenvalue weighted by molar-refractivity contribution is 0.0655. The van der Waals surface area contributed by atoms with Gasteiger partial charge < -0.3 is 14.6 Å². The van der Waals surface area contributed by atoms with E-state index in [2.05, 4.69) is 0 Å². The summed E-state index contributed by atoms with van der Waals surface area (Å²) in [4.78, 5) is 11.3. The number of carboxylic acids is 1. The molecule has 2 rings (SSSR count). The van der Waals surface area contributed by atoms with Crippen LogP contribution in [-0.2, 0) is 0 Å². The second-order valence-electron chi connectivity index (χ2n) is 2.93. The predicted molar refractivity (Wildman–Crippen MR) is 54.0 cm³/mol. The minimum atomic E-state index is -1.14. The third-order valence-corrected chi connectivity index (χ3v) is 2.84. The molecule has 2 N–H and O–H groups in total. The minimum absolute atomic E-state index is 0.166. The Kier molecular flexibility index (Phi) is 2.57. The van der Waals surface area contributed by atoms with Crippen molar-refractivity contribution in [2.24, 2.45) is 0 Å². The Balaban J connectivity index is 2.26. The Morgan fingerprint density at radius 3 is 2.73 bits per heavy atom. The number of hydrogen-bond donors (Lipinski definition) is 2. The van der Waals surface area contributed by atoms with Crippen molar-refractivity contribution in [1.29, 1.82) is 0 Å². The highest BCUT2D eigenvalue weighted by molar-refractivity contribution is 7.10. The molecule has 2 aromatic heterocycles. The van der Waals surface area contributed by atoms with E-state index in [0.29, 0.717) is 0 Å². The molecule has 4 nitrogen and oxygen atoms in total. The quantitative estimate of drug-likeness (QED) is 0.837. The Morgan fingerprint density at radius 1 is 1.40 bits per heavy atom. The lowest BCUT2D eigenvalue weighted by atomic mass is 10.2. The van der Waals surface area contributed by atoms with Crippen LogP contribution < -0.4 is 0 Å². The van der Waals surface area contributed by atoms with Crippen LogP contribution in [-0.4, -0.2) is 16.2 Å². The van der Waals surface area contributed by atoms with Gasteiger partial charge in [-0.25, -0.2) is 4.79 Å². The van der Waals surface area contributed by atoms with Gasteiger partial charge >= 0.3 is 5.97 Å². The van der Waals surface area contributed by atoms with Gasteiger partial charge in [-0.05, 0) is 23.6 Å². The maximum absolute atomic E-state index is 10.6. The van der Waals surface area contributed by atoms with Gasteiger partial charge in [-0.1, -0.05) is 6.07 Å². The first-order chi connectivity index (χ1) is 7.18. The number of carbonyl (C=O) groups is 1. The molecule has 0 saturated heterocycles. The molecule has 0 fully saturated rings. The maximum Gasteiger partial charge on any atom is 0.371 e. The number of carboxylic acid groups (broad SMARTS) is 1. The molecule has 78 valence electrons. The van der Waals surface area contributed by atoms with Gasteiger partial charge in [0.25, 0.3) is 0 Å². The minimum Gasteiger partial charge on any atom is -0.475 e. The average molecular weight is 224 g/mol. The normalized spacial score (nSPS) is 12.6. The molecular weight excluding hydrogens is 216 g/mol. The maximum atomic E-state index is 10.6. The molecule has 2 aromatic rings.